The molecule has 3 atom stereocenters. The lowest BCUT2D eigenvalue weighted by molar-refractivity contribution is 0.297. The zero-order valence-electron chi connectivity index (χ0n) is 13.2. The molecule has 0 spiro atoms. The molecule has 17 heavy (non-hydrogen) atoms. The molecule has 0 amide bonds. The topological polar surface area (TPSA) is 0 Å². The average Bonchev–Trinajstić information content (AvgIpc) is 2.33. The highest BCUT2D eigenvalue weighted by molar-refractivity contribution is 4.88. The van der Waals surface area contributed by atoms with Gasteiger partial charge in [-0.05, 0) is 42.9 Å². The van der Waals surface area contributed by atoms with Gasteiger partial charge in [0.25, 0.3) is 0 Å². The van der Waals surface area contributed by atoms with Crippen molar-refractivity contribution in [1.82, 2.24) is 0 Å². The van der Waals surface area contributed by atoms with Gasteiger partial charge in [0.15, 0.2) is 0 Å². The maximum Gasteiger partial charge on any atom is -0.0297 e. The van der Waals surface area contributed by atoms with Gasteiger partial charge < -0.3 is 0 Å². The van der Waals surface area contributed by atoms with Crippen LogP contribution in [0.2, 0.25) is 0 Å². The molecule has 1 radical (unpaired) electrons. The first-order chi connectivity index (χ1) is 7.97. The smallest absolute Gasteiger partial charge is 0.0297 e. The van der Waals surface area contributed by atoms with Gasteiger partial charge in [0.05, 0.1) is 0 Å². The van der Waals surface area contributed by atoms with Crippen molar-refractivity contribution in [3.63, 3.8) is 0 Å². The van der Waals surface area contributed by atoms with Gasteiger partial charge >= 0.3 is 0 Å². The van der Waals surface area contributed by atoms with Crippen LogP contribution in [0.25, 0.3) is 0 Å². The Hall–Kier alpha value is 0. The molecule has 0 saturated carbocycles. The number of unbranched alkanes of at least 4 members (excludes halogenated alkanes) is 1. The minimum absolute atomic E-state index is 0.486. The summed E-state index contributed by atoms with van der Waals surface area (Å²) in [5.41, 5.74) is 0.486. The quantitative estimate of drug-likeness (QED) is 0.422. The molecule has 0 nitrogen and oxygen atoms in total. The Labute approximate surface area is 111 Å². The van der Waals surface area contributed by atoms with Crippen LogP contribution in [0.4, 0.5) is 0 Å². The van der Waals surface area contributed by atoms with Crippen molar-refractivity contribution < 1.29 is 0 Å². The van der Waals surface area contributed by atoms with Gasteiger partial charge in [-0.1, -0.05) is 67.2 Å². The summed E-state index contributed by atoms with van der Waals surface area (Å²) in [6.07, 6.45) is 12.0. The van der Waals surface area contributed by atoms with Crippen molar-refractivity contribution >= 4 is 0 Å². The number of hydrogen-bond acceptors (Lipinski definition) is 0. The molecule has 0 N–H and O–H groups in total. The minimum Gasteiger partial charge on any atom is -0.0654 e. The van der Waals surface area contributed by atoms with Gasteiger partial charge in [-0.15, -0.1) is 0 Å². The molecule has 0 aliphatic carbocycles. The molecular formula is C17H35. The lowest BCUT2D eigenvalue weighted by Gasteiger charge is -2.29. The lowest BCUT2D eigenvalue weighted by Crippen LogP contribution is -2.18. The van der Waals surface area contributed by atoms with E-state index < -0.39 is 0 Å². The van der Waals surface area contributed by atoms with E-state index >= 15 is 0 Å². The van der Waals surface area contributed by atoms with E-state index in [1.165, 1.54) is 44.9 Å². The molecule has 0 heterocycles. The summed E-state index contributed by atoms with van der Waals surface area (Å²) in [4.78, 5) is 0. The lowest BCUT2D eigenvalue weighted by atomic mass is 9.76. The molecule has 0 aromatic rings. The molecule has 0 aliphatic heterocycles. The van der Waals surface area contributed by atoms with Crippen LogP contribution in [0.3, 0.4) is 0 Å². The molecule has 0 bridgehead atoms. The third-order valence-electron chi connectivity index (χ3n) is 4.42. The molecule has 0 aromatic heterocycles. The fourth-order valence-electron chi connectivity index (χ4n) is 2.44. The van der Waals surface area contributed by atoms with Crippen molar-refractivity contribution in [1.29, 1.82) is 0 Å². The number of hydrogen-bond donors (Lipinski definition) is 0. The minimum atomic E-state index is 0.486. The molecule has 0 saturated heterocycles. The molecule has 0 rings (SSSR count). The highest BCUT2D eigenvalue weighted by Gasteiger charge is 2.22. The molecular weight excluding hydrogens is 204 g/mol. The van der Waals surface area contributed by atoms with Gasteiger partial charge in [-0.2, -0.15) is 0 Å². The highest BCUT2D eigenvalue weighted by Crippen LogP contribution is 2.34. The molecule has 103 valence electrons. The SMILES string of the molecule is CCCCC(C)([CH]CC(C)CC(C)CC)CC. The predicted molar refractivity (Wildman–Crippen MR) is 80.1 cm³/mol. The van der Waals surface area contributed by atoms with E-state index in [2.05, 4.69) is 48.0 Å². The second-order valence-electron chi connectivity index (χ2n) is 6.41. The van der Waals surface area contributed by atoms with Gasteiger partial charge in [-0.25, -0.2) is 0 Å². The van der Waals surface area contributed by atoms with E-state index in [1.54, 1.807) is 0 Å². The zero-order valence-corrected chi connectivity index (χ0v) is 13.2. The molecule has 3 unspecified atom stereocenters. The maximum absolute atomic E-state index is 2.62. The van der Waals surface area contributed by atoms with Crippen LogP contribution in [0.15, 0.2) is 0 Å². The van der Waals surface area contributed by atoms with E-state index in [0.717, 1.165) is 11.8 Å². The Balaban J connectivity index is 3.95. The van der Waals surface area contributed by atoms with Crippen LogP contribution in [-0.2, 0) is 0 Å². The van der Waals surface area contributed by atoms with E-state index in [9.17, 15) is 0 Å². The summed E-state index contributed by atoms with van der Waals surface area (Å²) in [5, 5.41) is 0. The van der Waals surface area contributed by atoms with Gasteiger partial charge in [0.2, 0.25) is 0 Å². The summed E-state index contributed by atoms with van der Waals surface area (Å²) in [7, 11) is 0. The predicted octanol–water partition coefficient (Wildman–Crippen LogP) is 6.26. The van der Waals surface area contributed by atoms with E-state index in [0.29, 0.717) is 5.41 Å². The summed E-state index contributed by atoms with van der Waals surface area (Å²) in [5.74, 6) is 1.75. The fraction of sp³-hybridized carbons (Fsp3) is 0.941. The van der Waals surface area contributed by atoms with Crippen LogP contribution in [0, 0.1) is 23.7 Å². The Morgan fingerprint density at radius 2 is 1.71 bits per heavy atom. The maximum atomic E-state index is 2.62. The van der Waals surface area contributed by atoms with E-state index in [-0.39, 0.29) is 0 Å². The van der Waals surface area contributed by atoms with Crippen LogP contribution in [0.1, 0.15) is 86.5 Å². The fourth-order valence-corrected chi connectivity index (χ4v) is 2.44. The monoisotopic (exact) mass is 239 g/mol. The summed E-state index contributed by atoms with van der Waals surface area (Å²) >= 11 is 0. The van der Waals surface area contributed by atoms with Crippen LogP contribution in [0.5, 0.6) is 0 Å². The summed E-state index contributed by atoms with van der Waals surface area (Å²) in [6, 6.07) is 0. The van der Waals surface area contributed by atoms with Crippen LogP contribution >= 0.6 is 0 Å². The Kier molecular flexibility index (Phi) is 9.00. The average molecular weight is 239 g/mol. The third-order valence-corrected chi connectivity index (χ3v) is 4.42. The summed E-state index contributed by atoms with van der Waals surface area (Å²) in [6.45, 7) is 14.2. The molecule has 0 heteroatoms. The highest BCUT2D eigenvalue weighted by atomic mass is 14.3. The van der Waals surface area contributed by atoms with Crippen LogP contribution in [-0.4, -0.2) is 0 Å². The zero-order chi connectivity index (χ0) is 13.3. The molecule has 0 fully saturated rings. The third kappa shape index (κ3) is 7.84. The van der Waals surface area contributed by atoms with E-state index in [4.69, 9.17) is 0 Å². The first kappa shape index (κ1) is 17.0. The molecule has 0 aliphatic rings. The second-order valence-corrected chi connectivity index (χ2v) is 6.41. The van der Waals surface area contributed by atoms with E-state index in [1.807, 2.05) is 0 Å². The van der Waals surface area contributed by atoms with Gasteiger partial charge in [-0.3, -0.25) is 0 Å². The largest absolute Gasteiger partial charge is 0.0654 e. The first-order valence-corrected chi connectivity index (χ1v) is 7.81. The van der Waals surface area contributed by atoms with Crippen molar-refractivity contribution in [2.24, 2.45) is 17.3 Å². The molecule has 0 aromatic carbocycles. The first-order valence-electron chi connectivity index (χ1n) is 7.81. The normalized spacial score (nSPS) is 18.7. The summed E-state index contributed by atoms with van der Waals surface area (Å²) < 4.78 is 0. The Morgan fingerprint density at radius 3 is 2.18 bits per heavy atom. The van der Waals surface area contributed by atoms with Gasteiger partial charge in [0.1, 0.15) is 0 Å². The van der Waals surface area contributed by atoms with Crippen molar-refractivity contribution in [3.05, 3.63) is 6.42 Å². The van der Waals surface area contributed by atoms with Crippen LogP contribution < -0.4 is 0 Å². The number of rotatable bonds is 10. The van der Waals surface area contributed by atoms with Crippen molar-refractivity contribution in [2.75, 3.05) is 0 Å². The van der Waals surface area contributed by atoms with Gasteiger partial charge in [0, 0.05) is 0 Å². The Bertz CT molecular complexity index is 173. The van der Waals surface area contributed by atoms with Crippen molar-refractivity contribution in [2.45, 2.75) is 86.5 Å². The second kappa shape index (κ2) is 9.00. The van der Waals surface area contributed by atoms with Crippen molar-refractivity contribution in [3.8, 4) is 0 Å². The Morgan fingerprint density at radius 1 is 1.06 bits per heavy atom. The standard InChI is InChI=1S/C17H35/c1-7-10-12-17(6,9-3)13-11-16(5)14-15(4)8-2/h13,15-16H,7-12,14H2,1-6H3.